The summed E-state index contributed by atoms with van der Waals surface area (Å²) < 4.78 is 19.8. The van der Waals surface area contributed by atoms with Gasteiger partial charge in [0.05, 0.1) is 6.04 Å². The molecule has 3 aromatic carbocycles. The number of carbonyl (C=O) groups excluding carboxylic acids is 1. The first kappa shape index (κ1) is 25.6. The predicted molar refractivity (Wildman–Crippen MR) is 143 cm³/mol. The minimum Gasteiger partial charge on any atom is -0.449 e. The van der Waals surface area contributed by atoms with Crippen molar-refractivity contribution in [2.45, 2.75) is 18.9 Å². The summed E-state index contributed by atoms with van der Waals surface area (Å²) in [6.45, 7) is 3.89. The summed E-state index contributed by atoms with van der Waals surface area (Å²) in [7, 11) is 5.87. The number of amides is 1. The number of halogens is 2. The van der Waals surface area contributed by atoms with Gasteiger partial charge in [-0.25, -0.2) is 9.18 Å². The average Bonchev–Trinajstić information content (AvgIpc) is 2.78. The van der Waals surface area contributed by atoms with E-state index in [1.807, 2.05) is 18.2 Å². The molecule has 0 N–H and O–H groups in total. The Morgan fingerprint density at radius 1 is 1.06 bits per heavy atom. The number of nitrogens with zero attached hydrogens (tertiary/aromatic N) is 2. The van der Waals surface area contributed by atoms with E-state index in [0.29, 0.717) is 5.02 Å². The molecular formula is C28H31ClFN2O2P. The van der Waals surface area contributed by atoms with Crippen molar-refractivity contribution in [2.75, 3.05) is 33.8 Å². The van der Waals surface area contributed by atoms with Crippen LogP contribution in [-0.4, -0.2) is 49.7 Å². The van der Waals surface area contributed by atoms with Crippen molar-refractivity contribution in [1.29, 1.82) is 0 Å². The van der Waals surface area contributed by atoms with Crippen LogP contribution in [0, 0.1) is 18.7 Å². The SMILES string of the molecule is Cc1ccc(C(c2ccc(Cl)cc2)N2CC(C(COC(=O)N(C)C)c3cc(F)cc(P)c3)C2)cc1. The minimum absolute atomic E-state index is 0.0823. The largest absolute Gasteiger partial charge is 0.449 e. The number of carbonyl (C=O) groups is 1. The first-order valence-corrected chi connectivity index (χ1v) is 12.6. The molecule has 1 amide bonds. The van der Waals surface area contributed by atoms with Crippen LogP contribution in [0.15, 0.2) is 66.7 Å². The van der Waals surface area contributed by atoms with Gasteiger partial charge in [0.2, 0.25) is 0 Å². The van der Waals surface area contributed by atoms with Gasteiger partial charge in [0.15, 0.2) is 0 Å². The fourth-order valence-electron chi connectivity index (χ4n) is 4.67. The lowest BCUT2D eigenvalue weighted by molar-refractivity contribution is 0.0284. The molecule has 0 bridgehead atoms. The van der Waals surface area contributed by atoms with Gasteiger partial charge in [-0.3, -0.25) is 4.90 Å². The molecule has 3 aromatic rings. The second kappa shape index (κ2) is 11.1. The zero-order valence-corrected chi connectivity index (χ0v) is 22.2. The highest BCUT2D eigenvalue weighted by atomic mass is 35.5. The Morgan fingerprint density at radius 2 is 1.66 bits per heavy atom. The van der Waals surface area contributed by atoms with Crippen LogP contribution in [0.25, 0.3) is 0 Å². The van der Waals surface area contributed by atoms with Gasteiger partial charge in [-0.05, 0) is 59.1 Å². The van der Waals surface area contributed by atoms with E-state index < -0.39 is 6.09 Å². The van der Waals surface area contributed by atoms with Crippen LogP contribution in [0.1, 0.15) is 34.2 Å². The molecular weight excluding hydrogens is 482 g/mol. The van der Waals surface area contributed by atoms with Crippen molar-refractivity contribution in [1.82, 2.24) is 9.80 Å². The van der Waals surface area contributed by atoms with E-state index in [1.165, 1.54) is 27.7 Å². The molecule has 1 aliphatic heterocycles. The number of likely N-dealkylation sites (tertiary alicyclic amines) is 1. The third-order valence-corrected chi connectivity index (χ3v) is 7.16. The number of benzene rings is 3. The molecule has 1 fully saturated rings. The quantitative estimate of drug-likeness (QED) is 0.376. The molecule has 3 unspecified atom stereocenters. The van der Waals surface area contributed by atoms with Crippen LogP contribution >= 0.6 is 20.8 Å². The normalized spacial score (nSPS) is 15.8. The first-order chi connectivity index (χ1) is 16.7. The van der Waals surface area contributed by atoms with E-state index in [-0.39, 0.29) is 30.3 Å². The molecule has 1 heterocycles. The first-order valence-electron chi connectivity index (χ1n) is 11.7. The van der Waals surface area contributed by atoms with Gasteiger partial charge in [-0.2, -0.15) is 0 Å². The van der Waals surface area contributed by atoms with E-state index in [0.717, 1.165) is 24.0 Å². The van der Waals surface area contributed by atoms with Gasteiger partial charge in [-0.1, -0.05) is 59.6 Å². The molecule has 1 aliphatic rings. The van der Waals surface area contributed by atoms with E-state index >= 15 is 0 Å². The zero-order chi connectivity index (χ0) is 25.1. The molecule has 184 valence electrons. The van der Waals surface area contributed by atoms with Crippen molar-refractivity contribution in [2.24, 2.45) is 5.92 Å². The van der Waals surface area contributed by atoms with E-state index in [2.05, 4.69) is 57.5 Å². The summed E-state index contributed by atoms with van der Waals surface area (Å²) >= 11 is 6.16. The molecule has 0 saturated carbocycles. The molecule has 7 heteroatoms. The second-order valence-corrected chi connectivity index (χ2v) is 10.6. The summed E-state index contributed by atoms with van der Waals surface area (Å²) in [6, 6.07) is 21.7. The summed E-state index contributed by atoms with van der Waals surface area (Å²) in [4.78, 5) is 16.0. The smallest absolute Gasteiger partial charge is 0.409 e. The highest BCUT2D eigenvalue weighted by Crippen LogP contribution is 2.40. The van der Waals surface area contributed by atoms with Crippen LogP contribution in [0.3, 0.4) is 0 Å². The summed E-state index contributed by atoms with van der Waals surface area (Å²) in [5, 5.41) is 1.49. The van der Waals surface area contributed by atoms with E-state index in [9.17, 15) is 9.18 Å². The van der Waals surface area contributed by atoms with Crippen molar-refractivity contribution < 1.29 is 13.9 Å². The average molecular weight is 513 g/mol. The number of hydrogen-bond donors (Lipinski definition) is 0. The molecule has 0 aliphatic carbocycles. The Hall–Kier alpha value is -2.46. The van der Waals surface area contributed by atoms with Crippen LogP contribution in [0.4, 0.5) is 9.18 Å². The monoisotopic (exact) mass is 512 g/mol. The highest BCUT2D eigenvalue weighted by Gasteiger charge is 2.39. The fourth-order valence-corrected chi connectivity index (χ4v) is 5.14. The lowest BCUT2D eigenvalue weighted by atomic mass is 9.79. The molecule has 1 saturated heterocycles. The molecule has 3 atom stereocenters. The van der Waals surface area contributed by atoms with Crippen molar-refractivity contribution >= 4 is 32.2 Å². The maximum atomic E-state index is 14.3. The van der Waals surface area contributed by atoms with Gasteiger partial charge < -0.3 is 9.64 Å². The number of hydrogen-bond acceptors (Lipinski definition) is 3. The van der Waals surface area contributed by atoms with E-state index in [1.54, 1.807) is 20.2 Å². The topological polar surface area (TPSA) is 32.8 Å². The zero-order valence-electron chi connectivity index (χ0n) is 20.2. The van der Waals surface area contributed by atoms with Crippen LogP contribution in [0.5, 0.6) is 0 Å². The van der Waals surface area contributed by atoms with Gasteiger partial charge in [-0.15, -0.1) is 9.24 Å². The predicted octanol–water partition coefficient (Wildman–Crippen LogP) is 5.79. The second-order valence-electron chi connectivity index (χ2n) is 9.47. The Kier molecular flexibility index (Phi) is 8.11. The van der Waals surface area contributed by atoms with Gasteiger partial charge in [0.25, 0.3) is 0 Å². The van der Waals surface area contributed by atoms with Gasteiger partial charge in [0, 0.05) is 38.1 Å². The van der Waals surface area contributed by atoms with Gasteiger partial charge >= 0.3 is 6.09 Å². The maximum absolute atomic E-state index is 14.3. The molecule has 4 nitrogen and oxygen atoms in total. The third kappa shape index (κ3) is 6.22. The fraction of sp³-hybridized carbons (Fsp3) is 0.321. The van der Waals surface area contributed by atoms with Crippen molar-refractivity contribution in [3.63, 3.8) is 0 Å². The Balaban J connectivity index is 1.58. The third-order valence-electron chi connectivity index (χ3n) is 6.57. The molecule has 0 spiro atoms. The molecule has 0 aromatic heterocycles. The van der Waals surface area contributed by atoms with Crippen LogP contribution in [-0.2, 0) is 4.74 Å². The molecule has 0 radical (unpaired) electrons. The summed E-state index contributed by atoms with van der Waals surface area (Å²) in [5.74, 6) is -0.170. The number of aryl methyl sites for hydroxylation is 1. The Labute approximate surface area is 214 Å². The van der Waals surface area contributed by atoms with E-state index in [4.69, 9.17) is 16.3 Å². The maximum Gasteiger partial charge on any atom is 0.409 e. The Morgan fingerprint density at radius 3 is 2.23 bits per heavy atom. The van der Waals surface area contributed by atoms with Crippen LogP contribution in [0.2, 0.25) is 5.02 Å². The number of rotatable bonds is 7. The minimum atomic E-state index is -0.396. The van der Waals surface area contributed by atoms with Gasteiger partial charge in [0.1, 0.15) is 12.4 Å². The Bertz CT molecular complexity index is 1100. The summed E-state index contributed by atoms with van der Waals surface area (Å²) in [5.41, 5.74) is 4.45. The standard InChI is InChI=1S/C28H31ClFN2O2P/c1-18-4-6-19(7-5-18)27(20-8-10-23(29)11-9-20)32-15-22(16-32)26(17-34-28(33)31(2)3)21-12-24(30)14-25(35)13-21/h4-14,22,26-27H,15-17,35H2,1-3H3. The lowest BCUT2D eigenvalue weighted by Crippen LogP contribution is -2.52. The highest BCUT2D eigenvalue weighted by molar-refractivity contribution is 7.27. The van der Waals surface area contributed by atoms with Crippen molar-refractivity contribution in [3.05, 3.63) is 99.8 Å². The molecule has 35 heavy (non-hydrogen) atoms. The molecule has 4 rings (SSSR count). The lowest BCUT2D eigenvalue weighted by Gasteiger charge is -2.48. The number of ether oxygens (including phenoxy) is 1. The summed E-state index contributed by atoms with van der Waals surface area (Å²) in [6.07, 6.45) is -0.396. The van der Waals surface area contributed by atoms with Crippen LogP contribution < -0.4 is 5.30 Å². The van der Waals surface area contributed by atoms with Crippen molar-refractivity contribution in [3.8, 4) is 0 Å².